The number of carboxylic acid groups (broad SMARTS) is 1. The number of benzene rings is 1. The zero-order chi connectivity index (χ0) is 16.8. The van der Waals surface area contributed by atoms with E-state index in [1.54, 1.807) is 23.5 Å². The molecule has 0 bridgehead atoms. The van der Waals surface area contributed by atoms with Crippen molar-refractivity contribution >= 4 is 34.8 Å². The molecule has 0 aliphatic heterocycles. The van der Waals surface area contributed by atoms with E-state index in [0.29, 0.717) is 22.8 Å². The van der Waals surface area contributed by atoms with E-state index in [-0.39, 0.29) is 12.3 Å². The number of carbonyl (C=O) groups excluding carboxylic acids is 1. The number of aliphatic carboxylic acids is 1. The Labute approximate surface area is 142 Å². The van der Waals surface area contributed by atoms with Crippen molar-refractivity contribution in [1.29, 1.82) is 0 Å². The van der Waals surface area contributed by atoms with Crippen LogP contribution in [0.4, 0.5) is 0 Å². The smallest absolute Gasteiger partial charge is 0.330 e. The minimum atomic E-state index is -1.14. The predicted octanol–water partition coefficient (Wildman–Crippen LogP) is 3.28. The number of hydrogen-bond donors (Lipinski definition) is 2. The molecule has 2 N–H and O–H groups in total. The number of nitrogens with one attached hydrogen (secondary N) is 1. The molecule has 1 heterocycles. The lowest BCUT2D eigenvalue weighted by Crippen LogP contribution is -2.33. The number of ether oxygens (including phenoxy) is 1. The average Bonchev–Trinajstić information content (AvgIpc) is 3.03. The van der Waals surface area contributed by atoms with Gasteiger partial charge in [-0.3, -0.25) is 4.79 Å². The van der Waals surface area contributed by atoms with Crippen LogP contribution in [0, 0.1) is 0 Å². The Hall–Kier alpha value is -2.05. The highest BCUT2D eigenvalue weighted by Gasteiger charge is 2.23. The number of thiophene rings is 1. The van der Waals surface area contributed by atoms with E-state index in [4.69, 9.17) is 16.3 Å². The Bertz CT molecular complexity index is 687. The maximum atomic E-state index is 12.0. The van der Waals surface area contributed by atoms with Crippen molar-refractivity contribution in [2.24, 2.45) is 0 Å². The first-order valence-corrected chi connectivity index (χ1v) is 8.15. The van der Waals surface area contributed by atoms with Crippen LogP contribution in [0.1, 0.15) is 22.9 Å². The summed E-state index contributed by atoms with van der Waals surface area (Å²) in [6.45, 7) is 0. The summed E-state index contributed by atoms with van der Waals surface area (Å²) < 4.78 is 5.04. The topological polar surface area (TPSA) is 75.6 Å². The molecule has 23 heavy (non-hydrogen) atoms. The van der Waals surface area contributed by atoms with Gasteiger partial charge in [-0.2, -0.15) is 0 Å². The van der Waals surface area contributed by atoms with E-state index in [2.05, 4.69) is 5.32 Å². The fourth-order valence-electron chi connectivity index (χ4n) is 2.07. The predicted molar refractivity (Wildman–Crippen MR) is 89.2 cm³/mol. The van der Waals surface area contributed by atoms with Gasteiger partial charge < -0.3 is 15.2 Å². The van der Waals surface area contributed by atoms with Crippen molar-refractivity contribution in [3.63, 3.8) is 0 Å². The number of carbonyl (C=O) groups is 2. The average molecular weight is 354 g/mol. The van der Waals surface area contributed by atoms with Gasteiger partial charge in [0.25, 0.3) is 0 Å². The molecule has 0 fully saturated rings. The molecular weight excluding hydrogens is 338 g/mol. The minimum absolute atomic E-state index is 0.230. The molecule has 0 aliphatic carbocycles. The molecule has 5 nitrogen and oxygen atoms in total. The van der Waals surface area contributed by atoms with Crippen LogP contribution in [-0.4, -0.2) is 24.1 Å². The third-order valence-electron chi connectivity index (χ3n) is 3.24. The molecule has 122 valence electrons. The summed E-state index contributed by atoms with van der Waals surface area (Å²) >= 11 is 7.58. The van der Waals surface area contributed by atoms with Crippen LogP contribution in [0.2, 0.25) is 5.02 Å². The molecule has 1 aromatic heterocycles. The zero-order valence-electron chi connectivity index (χ0n) is 12.4. The summed E-state index contributed by atoms with van der Waals surface area (Å²) in [6, 6.07) is 7.34. The van der Waals surface area contributed by atoms with Crippen molar-refractivity contribution in [3.05, 3.63) is 51.2 Å². The number of halogens is 1. The quantitative estimate of drug-likeness (QED) is 0.801. The lowest BCUT2D eigenvalue weighted by Gasteiger charge is -2.16. The second kappa shape index (κ2) is 7.99. The fraction of sp³-hybridized carbons (Fsp3) is 0.250. The molecule has 2 aromatic rings. The minimum Gasteiger partial charge on any atom is -0.495 e. The highest BCUT2D eigenvalue weighted by molar-refractivity contribution is 7.09. The Balaban J connectivity index is 2.04. The van der Waals surface area contributed by atoms with Gasteiger partial charge in [0.1, 0.15) is 5.75 Å². The number of amides is 1. The summed E-state index contributed by atoms with van der Waals surface area (Å²) in [5, 5.41) is 14.1. The molecule has 1 aromatic carbocycles. The first kappa shape index (κ1) is 17.3. The fourth-order valence-corrected chi connectivity index (χ4v) is 3.05. The van der Waals surface area contributed by atoms with Gasteiger partial charge in [0.05, 0.1) is 12.1 Å². The molecule has 0 radical (unpaired) electrons. The van der Waals surface area contributed by atoms with Gasteiger partial charge >= 0.3 is 5.97 Å². The molecule has 1 unspecified atom stereocenters. The van der Waals surface area contributed by atoms with Gasteiger partial charge in [-0.15, -0.1) is 11.3 Å². The summed E-state index contributed by atoms with van der Waals surface area (Å²) in [7, 11) is 1.47. The van der Waals surface area contributed by atoms with Crippen molar-refractivity contribution < 1.29 is 19.4 Å². The number of aryl methyl sites for hydroxylation is 1. The van der Waals surface area contributed by atoms with Crippen LogP contribution in [-0.2, 0) is 16.0 Å². The van der Waals surface area contributed by atoms with Crippen LogP contribution in [0.25, 0.3) is 0 Å². The van der Waals surface area contributed by atoms with E-state index in [9.17, 15) is 14.7 Å². The molecule has 0 saturated heterocycles. The second-order valence-corrected chi connectivity index (χ2v) is 6.25. The largest absolute Gasteiger partial charge is 0.495 e. The summed E-state index contributed by atoms with van der Waals surface area (Å²) in [4.78, 5) is 24.5. The third-order valence-corrected chi connectivity index (χ3v) is 4.47. The molecule has 1 atom stereocenters. The molecule has 0 saturated carbocycles. The number of hydrogen-bond acceptors (Lipinski definition) is 4. The SMILES string of the molecule is COc1ccc(C(NC(=O)CCc2cccs2)C(=O)O)cc1Cl. The van der Waals surface area contributed by atoms with E-state index in [0.717, 1.165) is 4.88 Å². The normalized spacial score (nSPS) is 11.7. The highest BCUT2D eigenvalue weighted by Crippen LogP contribution is 2.27. The molecule has 7 heteroatoms. The van der Waals surface area contributed by atoms with Gasteiger partial charge in [0.15, 0.2) is 6.04 Å². The standard InChI is InChI=1S/C16H16ClNO4S/c1-22-13-6-4-10(9-12(13)17)15(16(20)21)18-14(19)7-5-11-3-2-8-23-11/h2-4,6,8-9,15H,5,7H2,1H3,(H,18,19)(H,20,21). The van der Waals surface area contributed by atoms with Crippen LogP contribution in [0.15, 0.2) is 35.7 Å². The Morgan fingerprint density at radius 2 is 2.17 bits per heavy atom. The molecule has 1 amide bonds. The van der Waals surface area contributed by atoms with E-state index in [1.807, 2.05) is 17.5 Å². The number of rotatable bonds is 7. The second-order valence-electron chi connectivity index (χ2n) is 4.81. The van der Waals surface area contributed by atoms with Crippen molar-refractivity contribution in [2.75, 3.05) is 7.11 Å². The Morgan fingerprint density at radius 3 is 2.74 bits per heavy atom. The van der Waals surface area contributed by atoms with E-state index >= 15 is 0 Å². The van der Waals surface area contributed by atoms with Gasteiger partial charge in [-0.1, -0.05) is 23.7 Å². The van der Waals surface area contributed by atoms with Gasteiger partial charge in [-0.25, -0.2) is 4.79 Å². The molecule has 0 aliphatic rings. The van der Waals surface area contributed by atoms with Crippen LogP contribution in [0.3, 0.4) is 0 Å². The number of methoxy groups -OCH3 is 1. The van der Waals surface area contributed by atoms with Gasteiger partial charge in [0, 0.05) is 11.3 Å². The lowest BCUT2D eigenvalue weighted by atomic mass is 10.1. The van der Waals surface area contributed by atoms with E-state index < -0.39 is 12.0 Å². The van der Waals surface area contributed by atoms with Crippen LogP contribution < -0.4 is 10.1 Å². The van der Waals surface area contributed by atoms with E-state index in [1.165, 1.54) is 13.2 Å². The zero-order valence-corrected chi connectivity index (χ0v) is 14.0. The van der Waals surface area contributed by atoms with Gasteiger partial charge in [0.2, 0.25) is 5.91 Å². The summed E-state index contributed by atoms with van der Waals surface area (Å²) in [6.07, 6.45) is 0.813. The maximum Gasteiger partial charge on any atom is 0.330 e. The Kier molecular flexibility index (Phi) is 6.01. The highest BCUT2D eigenvalue weighted by atomic mass is 35.5. The van der Waals surface area contributed by atoms with Crippen molar-refractivity contribution in [1.82, 2.24) is 5.32 Å². The number of carboxylic acids is 1. The first-order chi connectivity index (χ1) is 11.0. The molecular formula is C16H16ClNO4S. The summed E-state index contributed by atoms with van der Waals surface area (Å²) in [5.74, 6) is -1.02. The Morgan fingerprint density at radius 1 is 1.39 bits per heavy atom. The lowest BCUT2D eigenvalue weighted by molar-refractivity contribution is -0.142. The van der Waals surface area contributed by atoms with Crippen molar-refractivity contribution in [3.8, 4) is 5.75 Å². The van der Waals surface area contributed by atoms with Crippen LogP contribution >= 0.6 is 22.9 Å². The maximum absolute atomic E-state index is 12.0. The van der Waals surface area contributed by atoms with Crippen LogP contribution in [0.5, 0.6) is 5.75 Å². The molecule has 2 rings (SSSR count). The molecule has 0 spiro atoms. The summed E-state index contributed by atoms with van der Waals surface area (Å²) in [5.41, 5.74) is 0.396. The first-order valence-electron chi connectivity index (χ1n) is 6.89. The monoisotopic (exact) mass is 353 g/mol. The third kappa shape index (κ3) is 4.71. The van der Waals surface area contributed by atoms with Gasteiger partial charge in [-0.05, 0) is 35.6 Å². The van der Waals surface area contributed by atoms with Crippen molar-refractivity contribution in [2.45, 2.75) is 18.9 Å².